The van der Waals surface area contributed by atoms with Crippen molar-refractivity contribution < 1.29 is 28.3 Å². The fourth-order valence-electron chi connectivity index (χ4n) is 2.79. The van der Waals surface area contributed by atoms with Crippen LogP contribution in [0.4, 0.5) is 8.78 Å². The Balaban J connectivity index is 2.42. The molecule has 1 aromatic rings. The van der Waals surface area contributed by atoms with E-state index in [2.05, 4.69) is 17.6 Å². The molecule has 0 bridgehead atoms. The molecule has 0 aliphatic carbocycles. The van der Waals surface area contributed by atoms with Gasteiger partial charge in [-0.05, 0) is 12.8 Å². The lowest BCUT2D eigenvalue weighted by atomic mass is 10.1. The van der Waals surface area contributed by atoms with Crippen LogP contribution in [0.25, 0.3) is 0 Å². The van der Waals surface area contributed by atoms with Gasteiger partial charge in [0, 0.05) is 30.7 Å². The minimum absolute atomic E-state index is 0.0890. The highest BCUT2D eigenvalue weighted by Crippen LogP contribution is 2.19. The van der Waals surface area contributed by atoms with E-state index >= 15 is 0 Å². The van der Waals surface area contributed by atoms with Crippen molar-refractivity contribution in [3.05, 3.63) is 29.3 Å². The number of nitrogens with one attached hydrogen (secondary N) is 2. The van der Waals surface area contributed by atoms with Gasteiger partial charge in [-0.25, -0.2) is 8.78 Å². The molecule has 3 amide bonds. The van der Waals surface area contributed by atoms with Gasteiger partial charge in [-0.1, -0.05) is 32.6 Å². The number of carbonyl (C=O) groups excluding carboxylic acids is 3. The van der Waals surface area contributed by atoms with Gasteiger partial charge < -0.3 is 21.5 Å². The number of nitrogens with two attached hydrogens (primary N) is 1. The van der Waals surface area contributed by atoms with E-state index < -0.39 is 35.2 Å². The third kappa shape index (κ3) is 9.36. The Morgan fingerprint density at radius 2 is 1.69 bits per heavy atom. The summed E-state index contributed by atoms with van der Waals surface area (Å²) >= 11 is 0. The second-order valence-electron chi connectivity index (χ2n) is 6.88. The van der Waals surface area contributed by atoms with Gasteiger partial charge in [-0.15, -0.1) is 0 Å². The van der Waals surface area contributed by atoms with Gasteiger partial charge in [0.2, 0.25) is 17.7 Å². The van der Waals surface area contributed by atoms with Gasteiger partial charge in [0.25, 0.3) is 0 Å². The Hall–Kier alpha value is -2.71. The van der Waals surface area contributed by atoms with Crippen LogP contribution in [0, 0.1) is 11.6 Å². The number of halogens is 2. The zero-order valence-corrected chi connectivity index (χ0v) is 16.6. The maximum absolute atomic E-state index is 13.6. The van der Waals surface area contributed by atoms with E-state index in [-0.39, 0.29) is 37.3 Å². The molecule has 0 saturated heterocycles. The van der Waals surface area contributed by atoms with Crippen LogP contribution in [-0.4, -0.2) is 35.4 Å². The van der Waals surface area contributed by atoms with Crippen LogP contribution in [-0.2, 0) is 20.8 Å². The Bertz CT molecular complexity index is 690. The number of phenolic OH excluding ortho intramolecular Hbond substituents is 1. The molecule has 0 aliphatic heterocycles. The number of carbonyl (C=O) groups is 3. The first kappa shape index (κ1) is 24.3. The smallest absolute Gasteiger partial charge is 0.240 e. The fraction of sp³-hybridized carbons (Fsp3) is 0.550. The summed E-state index contributed by atoms with van der Waals surface area (Å²) in [6.45, 7) is 2.00. The normalized spacial score (nSPS) is 11.7. The average molecular weight is 413 g/mol. The first-order valence-corrected chi connectivity index (χ1v) is 9.76. The van der Waals surface area contributed by atoms with Crippen molar-refractivity contribution in [1.29, 1.82) is 0 Å². The van der Waals surface area contributed by atoms with Crippen molar-refractivity contribution in [2.75, 3.05) is 6.54 Å². The number of unbranched alkanes of at least 4 members (excludes halogenated alkanes) is 4. The molecule has 1 rings (SSSR count). The molecule has 1 atom stereocenters. The molecule has 0 saturated carbocycles. The number of aromatic hydroxyl groups is 1. The molecule has 0 heterocycles. The third-order valence-electron chi connectivity index (χ3n) is 4.40. The van der Waals surface area contributed by atoms with Crippen molar-refractivity contribution in [2.24, 2.45) is 5.73 Å². The van der Waals surface area contributed by atoms with E-state index in [1.54, 1.807) is 0 Å². The van der Waals surface area contributed by atoms with Gasteiger partial charge >= 0.3 is 0 Å². The quantitative estimate of drug-likeness (QED) is 0.370. The summed E-state index contributed by atoms with van der Waals surface area (Å²) in [5, 5.41) is 14.0. The standard InChI is InChI=1S/C20H29F2N3O4/c1-2-3-4-5-6-7-18(27)25-17(20(23)29)12-19(28)24-9-8-14-15(21)10-13(26)11-16(14)22/h10-11,17,26H,2-9,12H2,1H3,(H2,23,29)(H,24,28)(H,25,27)/t17-/m1/s1. The zero-order valence-electron chi connectivity index (χ0n) is 16.6. The summed E-state index contributed by atoms with van der Waals surface area (Å²) in [7, 11) is 0. The maximum Gasteiger partial charge on any atom is 0.240 e. The number of hydrogen-bond donors (Lipinski definition) is 4. The van der Waals surface area contributed by atoms with Gasteiger partial charge in [0.1, 0.15) is 23.4 Å². The van der Waals surface area contributed by atoms with Crippen LogP contribution in [0.3, 0.4) is 0 Å². The van der Waals surface area contributed by atoms with Crippen LogP contribution in [0.5, 0.6) is 5.75 Å². The average Bonchev–Trinajstić information content (AvgIpc) is 2.63. The predicted octanol–water partition coefficient (Wildman–Crippen LogP) is 2.05. The molecular weight excluding hydrogens is 384 g/mol. The lowest BCUT2D eigenvalue weighted by Crippen LogP contribution is -2.47. The van der Waals surface area contributed by atoms with E-state index in [0.717, 1.165) is 37.8 Å². The Morgan fingerprint density at radius 3 is 2.28 bits per heavy atom. The third-order valence-corrected chi connectivity index (χ3v) is 4.40. The number of phenols is 1. The SMILES string of the molecule is CCCCCCCC(=O)N[C@H](CC(=O)NCCc1c(F)cc(O)cc1F)C(N)=O. The number of amides is 3. The van der Waals surface area contributed by atoms with Crippen LogP contribution in [0.2, 0.25) is 0 Å². The number of rotatable bonds is 13. The molecule has 0 aliphatic rings. The zero-order chi connectivity index (χ0) is 21.8. The first-order chi connectivity index (χ1) is 13.7. The number of benzene rings is 1. The van der Waals surface area contributed by atoms with Crippen molar-refractivity contribution in [1.82, 2.24) is 10.6 Å². The maximum atomic E-state index is 13.6. The van der Waals surface area contributed by atoms with Crippen LogP contribution in [0.15, 0.2) is 12.1 Å². The molecule has 29 heavy (non-hydrogen) atoms. The Kier molecular flexibility index (Phi) is 10.6. The first-order valence-electron chi connectivity index (χ1n) is 9.76. The summed E-state index contributed by atoms with van der Waals surface area (Å²) in [4.78, 5) is 35.4. The van der Waals surface area contributed by atoms with Crippen molar-refractivity contribution in [3.63, 3.8) is 0 Å². The molecule has 0 unspecified atom stereocenters. The number of primary amides is 1. The summed E-state index contributed by atoms with van der Waals surface area (Å²) < 4.78 is 27.3. The van der Waals surface area contributed by atoms with Gasteiger partial charge in [-0.2, -0.15) is 0 Å². The molecule has 5 N–H and O–H groups in total. The molecule has 0 aromatic heterocycles. The molecule has 7 nitrogen and oxygen atoms in total. The lowest BCUT2D eigenvalue weighted by molar-refractivity contribution is -0.130. The van der Waals surface area contributed by atoms with Gasteiger partial charge in [0.05, 0.1) is 6.42 Å². The molecule has 0 fully saturated rings. The second kappa shape index (κ2) is 12.7. The molecule has 162 valence electrons. The second-order valence-corrected chi connectivity index (χ2v) is 6.88. The minimum Gasteiger partial charge on any atom is -0.508 e. The highest BCUT2D eigenvalue weighted by atomic mass is 19.1. The summed E-state index contributed by atoms with van der Waals surface area (Å²) in [5.74, 6) is -4.15. The van der Waals surface area contributed by atoms with Gasteiger partial charge in [-0.3, -0.25) is 14.4 Å². The van der Waals surface area contributed by atoms with Crippen LogP contribution < -0.4 is 16.4 Å². The van der Waals surface area contributed by atoms with E-state index in [4.69, 9.17) is 10.8 Å². The topological polar surface area (TPSA) is 122 Å². The van der Waals surface area contributed by atoms with Crippen LogP contribution in [0.1, 0.15) is 57.4 Å². The monoisotopic (exact) mass is 413 g/mol. The fourth-order valence-corrected chi connectivity index (χ4v) is 2.79. The van der Waals surface area contributed by atoms with E-state index in [9.17, 15) is 23.2 Å². The summed E-state index contributed by atoms with van der Waals surface area (Å²) in [6, 6.07) is 0.405. The summed E-state index contributed by atoms with van der Waals surface area (Å²) in [5.41, 5.74) is 4.97. The number of hydrogen-bond acceptors (Lipinski definition) is 4. The lowest BCUT2D eigenvalue weighted by Gasteiger charge is -2.15. The molecular formula is C20H29F2N3O4. The molecule has 9 heteroatoms. The van der Waals surface area contributed by atoms with Crippen molar-refractivity contribution in [2.45, 2.75) is 64.3 Å². The summed E-state index contributed by atoms with van der Waals surface area (Å²) in [6.07, 6.45) is 4.57. The molecule has 1 aromatic carbocycles. The molecule has 0 spiro atoms. The van der Waals surface area contributed by atoms with Crippen molar-refractivity contribution >= 4 is 17.7 Å². The highest BCUT2D eigenvalue weighted by molar-refractivity contribution is 5.91. The Morgan fingerprint density at radius 1 is 1.07 bits per heavy atom. The van der Waals surface area contributed by atoms with Gasteiger partial charge in [0.15, 0.2) is 0 Å². The molecule has 0 radical (unpaired) electrons. The van der Waals surface area contributed by atoms with Crippen LogP contribution >= 0.6 is 0 Å². The van der Waals surface area contributed by atoms with Crippen molar-refractivity contribution in [3.8, 4) is 5.75 Å². The minimum atomic E-state index is -1.15. The van der Waals surface area contributed by atoms with E-state index in [0.29, 0.717) is 6.42 Å². The Labute approximate surface area is 169 Å². The predicted molar refractivity (Wildman–Crippen MR) is 104 cm³/mol. The van der Waals surface area contributed by atoms with E-state index in [1.807, 2.05) is 0 Å². The van der Waals surface area contributed by atoms with E-state index in [1.165, 1.54) is 0 Å². The highest BCUT2D eigenvalue weighted by Gasteiger charge is 2.21. The largest absolute Gasteiger partial charge is 0.508 e.